The van der Waals surface area contributed by atoms with Crippen LogP contribution in [0.25, 0.3) is 0 Å². The van der Waals surface area contributed by atoms with Gasteiger partial charge in [-0.15, -0.1) is 11.6 Å². The van der Waals surface area contributed by atoms with Gasteiger partial charge in [0, 0.05) is 6.54 Å². The zero-order chi connectivity index (χ0) is 13.7. The van der Waals surface area contributed by atoms with Gasteiger partial charge in [0.2, 0.25) is 0 Å². The van der Waals surface area contributed by atoms with Crippen molar-refractivity contribution in [1.29, 1.82) is 0 Å². The van der Waals surface area contributed by atoms with Crippen LogP contribution in [-0.2, 0) is 6.42 Å². The molecule has 1 aromatic heterocycles. The third kappa shape index (κ3) is 4.04. The number of hydrogen-bond acceptors (Lipinski definition) is 3. The molecule has 3 nitrogen and oxygen atoms in total. The van der Waals surface area contributed by atoms with Gasteiger partial charge >= 0.3 is 0 Å². The molecule has 19 heavy (non-hydrogen) atoms. The van der Waals surface area contributed by atoms with Gasteiger partial charge in [0.05, 0.1) is 14.6 Å². The van der Waals surface area contributed by atoms with Gasteiger partial charge < -0.3 is 5.32 Å². The summed E-state index contributed by atoms with van der Waals surface area (Å²) in [5.74, 6) is 0.856. The molecule has 1 N–H and O–H groups in total. The lowest BCUT2D eigenvalue weighted by atomic mass is 10.1. The molecular formula is C14H15ClIN3. The minimum absolute atomic E-state index is 0.107. The summed E-state index contributed by atoms with van der Waals surface area (Å²) in [6.45, 7) is 2.76. The highest BCUT2D eigenvalue weighted by Gasteiger charge is 2.12. The van der Waals surface area contributed by atoms with E-state index in [4.69, 9.17) is 11.6 Å². The Morgan fingerprint density at radius 2 is 2.00 bits per heavy atom. The molecule has 0 fully saturated rings. The number of aromatic nitrogens is 2. The molecule has 5 heteroatoms. The highest BCUT2D eigenvalue weighted by atomic mass is 127. The van der Waals surface area contributed by atoms with Crippen LogP contribution in [0.4, 0.5) is 5.82 Å². The third-order valence-electron chi connectivity index (χ3n) is 2.74. The monoisotopic (exact) mass is 387 g/mol. The van der Waals surface area contributed by atoms with Gasteiger partial charge in [0.1, 0.15) is 12.1 Å². The zero-order valence-electron chi connectivity index (χ0n) is 10.6. The Morgan fingerprint density at radius 1 is 1.26 bits per heavy atom. The lowest BCUT2D eigenvalue weighted by Crippen LogP contribution is -2.10. The van der Waals surface area contributed by atoms with Crippen LogP contribution in [0, 0.1) is 3.57 Å². The topological polar surface area (TPSA) is 37.8 Å². The first-order valence-electron chi connectivity index (χ1n) is 6.10. The van der Waals surface area contributed by atoms with Crippen molar-refractivity contribution in [3.63, 3.8) is 0 Å². The van der Waals surface area contributed by atoms with Crippen LogP contribution in [-0.4, -0.2) is 16.5 Å². The van der Waals surface area contributed by atoms with E-state index in [2.05, 4.69) is 62.1 Å². The average Bonchev–Trinajstić information content (AvgIpc) is 2.41. The molecule has 2 aromatic rings. The maximum atomic E-state index is 6.09. The highest BCUT2D eigenvalue weighted by Crippen LogP contribution is 2.26. The van der Waals surface area contributed by atoms with Crippen LogP contribution in [0.1, 0.15) is 23.6 Å². The van der Waals surface area contributed by atoms with Gasteiger partial charge in [-0.05, 0) is 41.5 Å². The number of nitrogens with one attached hydrogen (secondary N) is 1. The summed E-state index contributed by atoms with van der Waals surface area (Å²) >= 11 is 8.33. The van der Waals surface area contributed by atoms with Gasteiger partial charge in [-0.25, -0.2) is 9.97 Å². The summed E-state index contributed by atoms with van der Waals surface area (Å²) in [5.41, 5.74) is 2.18. The predicted octanol–water partition coefficient (Wildman–Crippen LogP) is 4.04. The van der Waals surface area contributed by atoms with Crippen LogP contribution < -0.4 is 5.32 Å². The predicted molar refractivity (Wildman–Crippen MR) is 87.7 cm³/mol. The Bertz CT molecular complexity index is 531. The number of anilines is 1. The Hall–Kier alpha value is -0.880. The number of halogens is 2. The molecule has 0 aliphatic rings. The van der Waals surface area contributed by atoms with E-state index in [0.29, 0.717) is 0 Å². The maximum Gasteiger partial charge on any atom is 0.143 e. The molecule has 1 unspecified atom stereocenters. The van der Waals surface area contributed by atoms with Crippen molar-refractivity contribution in [2.75, 3.05) is 11.9 Å². The van der Waals surface area contributed by atoms with E-state index in [1.807, 2.05) is 13.0 Å². The van der Waals surface area contributed by atoms with E-state index in [1.165, 1.54) is 5.56 Å². The Labute approximate surface area is 132 Å². The minimum Gasteiger partial charge on any atom is -0.369 e. The Morgan fingerprint density at radius 3 is 2.68 bits per heavy atom. The quantitative estimate of drug-likeness (QED) is 0.622. The number of nitrogens with zero attached hydrogens (tertiary/aromatic N) is 2. The Kier molecular flexibility index (Phi) is 5.39. The first-order valence-corrected chi connectivity index (χ1v) is 7.62. The van der Waals surface area contributed by atoms with Gasteiger partial charge in [-0.1, -0.05) is 30.3 Å². The molecule has 1 aromatic carbocycles. The van der Waals surface area contributed by atoms with E-state index in [-0.39, 0.29) is 5.38 Å². The van der Waals surface area contributed by atoms with Crippen molar-refractivity contribution in [3.05, 3.63) is 51.5 Å². The summed E-state index contributed by atoms with van der Waals surface area (Å²) in [6, 6.07) is 10.4. The fraction of sp³-hybridized carbons (Fsp3) is 0.286. The molecule has 0 spiro atoms. The number of hydrogen-bond donors (Lipinski definition) is 1. The molecular weight excluding hydrogens is 373 g/mol. The SMILES string of the molecule is CC(Cl)c1ncnc(NCCc2ccccc2)c1I. The van der Waals surface area contributed by atoms with Crippen molar-refractivity contribution < 1.29 is 0 Å². The van der Waals surface area contributed by atoms with Crippen LogP contribution in [0.5, 0.6) is 0 Å². The summed E-state index contributed by atoms with van der Waals surface area (Å²) < 4.78 is 0.996. The summed E-state index contributed by atoms with van der Waals surface area (Å²) in [6.07, 6.45) is 2.52. The summed E-state index contributed by atoms with van der Waals surface area (Å²) in [4.78, 5) is 8.48. The van der Waals surface area contributed by atoms with Crippen molar-refractivity contribution >= 4 is 40.0 Å². The molecule has 0 aliphatic carbocycles. The molecule has 100 valence electrons. The number of alkyl halides is 1. The number of rotatable bonds is 5. The first-order chi connectivity index (χ1) is 9.18. The van der Waals surface area contributed by atoms with E-state index in [0.717, 1.165) is 28.0 Å². The summed E-state index contributed by atoms with van der Waals surface area (Å²) in [7, 11) is 0. The van der Waals surface area contributed by atoms with Gasteiger partial charge in [-0.2, -0.15) is 0 Å². The second kappa shape index (κ2) is 7.05. The second-order valence-electron chi connectivity index (χ2n) is 4.20. The van der Waals surface area contributed by atoms with Gasteiger partial charge in [0.25, 0.3) is 0 Å². The minimum atomic E-state index is -0.107. The van der Waals surface area contributed by atoms with E-state index < -0.39 is 0 Å². The molecule has 0 saturated carbocycles. The van der Waals surface area contributed by atoms with Gasteiger partial charge in [0.15, 0.2) is 0 Å². The molecule has 1 heterocycles. The molecule has 0 radical (unpaired) electrons. The first kappa shape index (κ1) is 14.5. The fourth-order valence-corrected chi connectivity index (χ4v) is 3.04. The smallest absolute Gasteiger partial charge is 0.143 e. The van der Waals surface area contributed by atoms with Gasteiger partial charge in [-0.3, -0.25) is 0 Å². The van der Waals surface area contributed by atoms with Crippen LogP contribution >= 0.6 is 34.2 Å². The largest absolute Gasteiger partial charge is 0.369 e. The van der Waals surface area contributed by atoms with E-state index in [9.17, 15) is 0 Å². The zero-order valence-corrected chi connectivity index (χ0v) is 13.5. The lowest BCUT2D eigenvalue weighted by Gasteiger charge is -2.11. The van der Waals surface area contributed by atoms with Crippen molar-refractivity contribution in [2.45, 2.75) is 18.7 Å². The molecule has 1 atom stereocenters. The third-order valence-corrected chi connectivity index (χ3v) is 4.01. The summed E-state index contributed by atoms with van der Waals surface area (Å²) in [5, 5.41) is 3.23. The molecule has 2 rings (SSSR count). The molecule has 0 saturated heterocycles. The molecule has 0 bridgehead atoms. The van der Waals surface area contributed by atoms with E-state index >= 15 is 0 Å². The highest BCUT2D eigenvalue weighted by molar-refractivity contribution is 14.1. The van der Waals surface area contributed by atoms with Crippen LogP contribution in [0.15, 0.2) is 36.7 Å². The Balaban J connectivity index is 1.98. The van der Waals surface area contributed by atoms with Crippen LogP contribution in [0.3, 0.4) is 0 Å². The van der Waals surface area contributed by atoms with Crippen molar-refractivity contribution in [3.8, 4) is 0 Å². The standard InChI is InChI=1S/C14H15ClIN3/c1-10(15)13-12(16)14(19-9-18-13)17-8-7-11-5-3-2-4-6-11/h2-6,9-10H,7-8H2,1H3,(H,17,18,19). The van der Waals surface area contributed by atoms with Crippen molar-refractivity contribution in [2.24, 2.45) is 0 Å². The lowest BCUT2D eigenvalue weighted by molar-refractivity contribution is 0.936. The average molecular weight is 388 g/mol. The molecule has 0 aliphatic heterocycles. The second-order valence-corrected chi connectivity index (χ2v) is 5.93. The van der Waals surface area contributed by atoms with E-state index in [1.54, 1.807) is 6.33 Å². The normalized spacial score (nSPS) is 12.2. The van der Waals surface area contributed by atoms with Crippen LogP contribution in [0.2, 0.25) is 0 Å². The molecule has 0 amide bonds. The maximum absolute atomic E-state index is 6.09. The van der Waals surface area contributed by atoms with Crippen molar-refractivity contribution in [1.82, 2.24) is 9.97 Å². The number of benzene rings is 1. The fourth-order valence-electron chi connectivity index (χ4n) is 1.75.